The smallest absolute Gasteiger partial charge is 0.308 e. The number of sulfonamides is 1. The Morgan fingerprint density at radius 2 is 1.59 bits per heavy atom. The van der Waals surface area contributed by atoms with Crippen molar-refractivity contribution in [1.82, 2.24) is 4.31 Å². The van der Waals surface area contributed by atoms with Gasteiger partial charge in [-0.3, -0.25) is 4.79 Å². The minimum absolute atomic E-state index is 0.150. The standard InChI is InChI=1S/C30H27NO5S/c1-21-13-15-25(16-14-21)37(33,34)31-19-29-18-17-26(36-29)27(30(29,20-31)24-11-7-4-8-12-24)28(35-22(2)32)23-9-5-3-6-10-23/h3-18,26H,19-20H2,1-2H3/b28-27+/t26-,29-,30+/m1/s1. The van der Waals surface area contributed by atoms with Gasteiger partial charge in [0.25, 0.3) is 0 Å². The summed E-state index contributed by atoms with van der Waals surface area (Å²) in [5.74, 6) is -0.0275. The van der Waals surface area contributed by atoms with Gasteiger partial charge < -0.3 is 9.47 Å². The van der Waals surface area contributed by atoms with E-state index < -0.39 is 33.1 Å². The summed E-state index contributed by atoms with van der Waals surface area (Å²) < 4.78 is 41.8. The van der Waals surface area contributed by atoms with Crippen LogP contribution in [0, 0.1) is 6.92 Å². The van der Waals surface area contributed by atoms with Gasteiger partial charge in [-0.1, -0.05) is 90.5 Å². The van der Waals surface area contributed by atoms with Gasteiger partial charge in [-0.25, -0.2) is 8.42 Å². The Morgan fingerprint density at radius 3 is 2.24 bits per heavy atom. The molecule has 3 aromatic carbocycles. The lowest BCUT2D eigenvalue weighted by Gasteiger charge is -2.38. The summed E-state index contributed by atoms with van der Waals surface area (Å²) in [5, 5.41) is 0. The molecule has 0 aliphatic carbocycles. The molecule has 2 fully saturated rings. The molecule has 6 nitrogen and oxygen atoms in total. The first-order valence-corrected chi connectivity index (χ1v) is 13.7. The highest BCUT2D eigenvalue weighted by molar-refractivity contribution is 7.89. The zero-order chi connectivity index (χ0) is 25.8. The predicted molar refractivity (Wildman–Crippen MR) is 140 cm³/mol. The number of esters is 1. The molecular formula is C30H27NO5S. The van der Waals surface area contributed by atoms with Gasteiger partial charge in [0.2, 0.25) is 10.0 Å². The van der Waals surface area contributed by atoms with E-state index in [-0.39, 0.29) is 18.0 Å². The number of hydrogen-bond donors (Lipinski definition) is 0. The van der Waals surface area contributed by atoms with Gasteiger partial charge in [-0.05, 0) is 24.6 Å². The number of benzene rings is 3. The van der Waals surface area contributed by atoms with Crippen molar-refractivity contribution < 1.29 is 22.7 Å². The minimum atomic E-state index is -3.82. The zero-order valence-corrected chi connectivity index (χ0v) is 21.4. The summed E-state index contributed by atoms with van der Waals surface area (Å²) in [6.07, 6.45) is 3.50. The summed E-state index contributed by atoms with van der Waals surface area (Å²) in [6, 6.07) is 26.2. The van der Waals surface area contributed by atoms with Crippen molar-refractivity contribution in [3.8, 4) is 0 Å². The van der Waals surface area contributed by atoms with E-state index in [9.17, 15) is 13.2 Å². The van der Waals surface area contributed by atoms with Gasteiger partial charge in [0.15, 0.2) is 0 Å². The predicted octanol–water partition coefficient (Wildman–Crippen LogP) is 4.62. The molecule has 7 heteroatoms. The highest BCUT2D eigenvalue weighted by atomic mass is 32.2. The zero-order valence-electron chi connectivity index (χ0n) is 20.6. The Labute approximate surface area is 216 Å². The first kappa shape index (κ1) is 23.9. The maximum absolute atomic E-state index is 13.9. The molecule has 0 radical (unpaired) electrons. The number of hydrogen-bond acceptors (Lipinski definition) is 5. The average Bonchev–Trinajstić information content (AvgIpc) is 3.55. The first-order chi connectivity index (χ1) is 17.8. The fourth-order valence-corrected chi connectivity index (χ4v) is 7.52. The van der Waals surface area contributed by atoms with Crippen LogP contribution >= 0.6 is 0 Å². The van der Waals surface area contributed by atoms with Crippen molar-refractivity contribution in [2.24, 2.45) is 0 Å². The lowest BCUT2D eigenvalue weighted by Crippen LogP contribution is -2.47. The summed E-state index contributed by atoms with van der Waals surface area (Å²) in [4.78, 5) is 12.6. The molecule has 3 aromatic rings. The van der Waals surface area contributed by atoms with Gasteiger partial charge in [-0.15, -0.1) is 0 Å². The molecule has 0 unspecified atom stereocenters. The Balaban J connectivity index is 1.60. The van der Waals surface area contributed by atoms with Crippen molar-refractivity contribution in [3.05, 3.63) is 119 Å². The maximum Gasteiger partial charge on any atom is 0.308 e. The molecule has 37 heavy (non-hydrogen) atoms. The van der Waals surface area contributed by atoms with Crippen LogP contribution in [0.25, 0.3) is 5.76 Å². The SMILES string of the molecule is CC(=O)O/C(=C1\[C@H]2C=C[C@]3(CN(S(=O)(=O)c4ccc(C)cc4)C[C@]13c1ccccc1)O2)c1ccccc1. The van der Waals surface area contributed by atoms with E-state index in [4.69, 9.17) is 9.47 Å². The third kappa shape index (κ3) is 3.53. The number of ether oxygens (including phenoxy) is 2. The van der Waals surface area contributed by atoms with Crippen LogP contribution in [0.1, 0.15) is 23.6 Å². The molecule has 3 heterocycles. The fourth-order valence-electron chi connectivity index (χ4n) is 6.01. The molecular weight excluding hydrogens is 486 g/mol. The molecule has 2 saturated heterocycles. The lowest BCUT2D eigenvalue weighted by atomic mass is 9.62. The van der Waals surface area contributed by atoms with Crippen molar-refractivity contribution in [2.75, 3.05) is 13.1 Å². The van der Waals surface area contributed by atoms with E-state index in [2.05, 4.69) is 0 Å². The number of aryl methyl sites for hydroxylation is 1. The molecule has 1 spiro atoms. The second kappa shape index (κ2) is 8.52. The van der Waals surface area contributed by atoms with Crippen molar-refractivity contribution in [1.29, 1.82) is 0 Å². The van der Waals surface area contributed by atoms with E-state index >= 15 is 0 Å². The highest BCUT2D eigenvalue weighted by Gasteiger charge is 2.71. The van der Waals surface area contributed by atoms with Gasteiger partial charge in [0.1, 0.15) is 17.5 Å². The lowest BCUT2D eigenvalue weighted by molar-refractivity contribution is -0.134. The molecule has 0 N–H and O–H groups in total. The first-order valence-electron chi connectivity index (χ1n) is 12.2. The number of nitrogens with zero attached hydrogens (tertiary/aromatic N) is 1. The molecule has 3 aliphatic rings. The van der Waals surface area contributed by atoms with Gasteiger partial charge >= 0.3 is 5.97 Å². The molecule has 3 aliphatic heterocycles. The molecule has 0 amide bonds. The Hall–Kier alpha value is -3.52. The number of fused-ring (bicyclic) bond motifs is 1. The molecule has 188 valence electrons. The van der Waals surface area contributed by atoms with Crippen LogP contribution in [0.15, 0.2) is 108 Å². The fraction of sp³-hybridized carbons (Fsp3) is 0.233. The molecule has 6 rings (SSSR count). The number of carbonyl (C=O) groups excluding carboxylic acids is 1. The monoisotopic (exact) mass is 513 g/mol. The van der Waals surface area contributed by atoms with E-state index in [1.807, 2.05) is 79.7 Å². The Kier molecular flexibility index (Phi) is 5.49. The summed E-state index contributed by atoms with van der Waals surface area (Å²) in [7, 11) is -3.82. The van der Waals surface area contributed by atoms with Crippen molar-refractivity contribution in [2.45, 2.75) is 35.9 Å². The average molecular weight is 514 g/mol. The van der Waals surface area contributed by atoms with Gasteiger partial charge in [-0.2, -0.15) is 4.31 Å². The van der Waals surface area contributed by atoms with Crippen LogP contribution in [0.4, 0.5) is 0 Å². The van der Waals surface area contributed by atoms with Gasteiger partial charge in [0, 0.05) is 31.1 Å². The third-order valence-corrected chi connectivity index (χ3v) is 9.43. The largest absolute Gasteiger partial charge is 0.426 e. The Morgan fingerprint density at radius 1 is 0.946 bits per heavy atom. The molecule has 3 atom stereocenters. The van der Waals surface area contributed by atoms with E-state index in [0.717, 1.165) is 22.3 Å². The van der Waals surface area contributed by atoms with Crippen LogP contribution in [0.3, 0.4) is 0 Å². The summed E-state index contributed by atoms with van der Waals surface area (Å²) in [5.41, 5.74) is 1.59. The minimum Gasteiger partial charge on any atom is -0.426 e. The summed E-state index contributed by atoms with van der Waals surface area (Å²) in [6.45, 7) is 3.60. The quantitative estimate of drug-likeness (QED) is 0.283. The van der Waals surface area contributed by atoms with Crippen LogP contribution < -0.4 is 0 Å². The maximum atomic E-state index is 13.9. The van der Waals surface area contributed by atoms with E-state index in [0.29, 0.717) is 5.76 Å². The van der Waals surface area contributed by atoms with Crippen LogP contribution in [0.2, 0.25) is 0 Å². The second-order valence-electron chi connectivity index (χ2n) is 9.85. The molecule has 0 saturated carbocycles. The topological polar surface area (TPSA) is 72.9 Å². The third-order valence-electron chi connectivity index (χ3n) is 7.62. The highest BCUT2D eigenvalue weighted by Crippen LogP contribution is 2.62. The van der Waals surface area contributed by atoms with Crippen molar-refractivity contribution in [3.63, 3.8) is 0 Å². The second-order valence-corrected chi connectivity index (χ2v) is 11.8. The van der Waals surface area contributed by atoms with Crippen LogP contribution in [-0.4, -0.2) is 43.5 Å². The Bertz CT molecular complexity index is 1530. The van der Waals surface area contributed by atoms with Crippen LogP contribution in [-0.2, 0) is 29.7 Å². The number of rotatable bonds is 5. The van der Waals surface area contributed by atoms with E-state index in [1.54, 1.807) is 24.3 Å². The molecule has 2 bridgehead atoms. The van der Waals surface area contributed by atoms with Crippen LogP contribution in [0.5, 0.6) is 0 Å². The molecule has 0 aromatic heterocycles. The number of carbonyl (C=O) groups is 1. The van der Waals surface area contributed by atoms with Gasteiger partial charge in [0.05, 0.1) is 10.3 Å². The van der Waals surface area contributed by atoms with Crippen molar-refractivity contribution >= 4 is 21.8 Å². The normalized spacial score (nSPS) is 27.8. The van der Waals surface area contributed by atoms with E-state index in [1.165, 1.54) is 11.2 Å². The summed E-state index contributed by atoms with van der Waals surface area (Å²) >= 11 is 0.